The van der Waals surface area contributed by atoms with E-state index in [1.165, 1.54) is 11.3 Å². The van der Waals surface area contributed by atoms with Crippen molar-refractivity contribution >= 4 is 33.2 Å². The highest BCUT2D eigenvalue weighted by Gasteiger charge is 2.30. The van der Waals surface area contributed by atoms with Crippen LogP contribution in [0.3, 0.4) is 0 Å². The fourth-order valence-corrected chi connectivity index (χ4v) is 2.86. The Kier molecular flexibility index (Phi) is 3.94. The standard InChI is InChI=1S/C14H17N3O2S/c1-3-14(2,13(15)17-19)16-12(18)10-8-20-11-7-5-4-6-9(10)11/h4-8,19H,3H2,1-2H3,(H2,15,17)(H,16,18). The van der Waals surface area contributed by atoms with Gasteiger partial charge in [0, 0.05) is 15.5 Å². The number of fused-ring (bicyclic) bond motifs is 1. The van der Waals surface area contributed by atoms with Crippen LogP contribution in [0.2, 0.25) is 0 Å². The topological polar surface area (TPSA) is 87.7 Å². The number of oxime groups is 1. The summed E-state index contributed by atoms with van der Waals surface area (Å²) in [6.07, 6.45) is 0.525. The molecule has 1 aromatic heterocycles. The van der Waals surface area contributed by atoms with Crippen LogP contribution in [0.15, 0.2) is 34.8 Å². The summed E-state index contributed by atoms with van der Waals surface area (Å²) in [6, 6.07) is 7.72. The molecule has 0 fully saturated rings. The third-order valence-corrected chi connectivity index (χ3v) is 4.46. The minimum Gasteiger partial charge on any atom is -0.409 e. The van der Waals surface area contributed by atoms with Crippen molar-refractivity contribution in [3.05, 3.63) is 35.2 Å². The summed E-state index contributed by atoms with van der Waals surface area (Å²) in [5, 5.41) is 17.4. The average Bonchev–Trinajstić information content (AvgIpc) is 2.90. The third kappa shape index (κ3) is 2.46. The van der Waals surface area contributed by atoms with Gasteiger partial charge in [0.15, 0.2) is 5.84 Å². The highest BCUT2D eigenvalue weighted by atomic mass is 32.1. The van der Waals surface area contributed by atoms with Crippen molar-refractivity contribution in [2.24, 2.45) is 10.9 Å². The lowest BCUT2D eigenvalue weighted by Crippen LogP contribution is -2.55. The molecule has 106 valence electrons. The fraction of sp³-hybridized carbons (Fsp3) is 0.286. The summed E-state index contributed by atoms with van der Waals surface area (Å²) >= 11 is 1.52. The molecule has 1 aromatic carbocycles. The lowest BCUT2D eigenvalue weighted by Gasteiger charge is -2.27. The fourth-order valence-electron chi connectivity index (χ4n) is 1.92. The van der Waals surface area contributed by atoms with Crippen molar-refractivity contribution in [2.75, 3.05) is 0 Å². The van der Waals surface area contributed by atoms with Crippen LogP contribution in [-0.2, 0) is 0 Å². The summed E-state index contributed by atoms with van der Waals surface area (Å²) in [4.78, 5) is 12.4. The van der Waals surface area contributed by atoms with Crippen LogP contribution in [-0.4, -0.2) is 22.5 Å². The second-order valence-electron chi connectivity index (χ2n) is 4.77. The van der Waals surface area contributed by atoms with Gasteiger partial charge in [-0.25, -0.2) is 0 Å². The molecule has 1 atom stereocenters. The molecule has 0 saturated carbocycles. The van der Waals surface area contributed by atoms with Crippen molar-refractivity contribution in [2.45, 2.75) is 25.8 Å². The molecule has 0 aliphatic carbocycles. The maximum atomic E-state index is 12.4. The number of amides is 1. The van der Waals surface area contributed by atoms with Crippen molar-refractivity contribution < 1.29 is 10.0 Å². The Labute approximate surface area is 121 Å². The zero-order valence-corrected chi connectivity index (χ0v) is 12.2. The zero-order chi connectivity index (χ0) is 14.8. The van der Waals surface area contributed by atoms with E-state index in [-0.39, 0.29) is 11.7 Å². The first-order valence-corrected chi connectivity index (χ1v) is 7.16. The number of rotatable bonds is 4. The van der Waals surface area contributed by atoms with E-state index in [0.29, 0.717) is 12.0 Å². The number of nitrogens with one attached hydrogen (secondary N) is 1. The number of hydrogen-bond acceptors (Lipinski definition) is 4. The van der Waals surface area contributed by atoms with Gasteiger partial charge in [-0.2, -0.15) is 0 Å². The van der Waals surface area contributed by atoms with Gasteiger partial charge in [0.1, 0.15) is 0 Å². The molecule has 1 heterocycles. The van der Waals surface area contributed by atoms with Gasteiger partial charge in [-0.3, -0.25) is 4.79 Å². The maximum Gasteiger partial charge on any atom is 0.253 e. The molecule has 0 spiro atoms. The summed E-state index contributed by atoms with van der Waals surface area (Å²) in [7, 11) is 0. The Balaban J connectivity index is 2.32. The van der Waals surface area contributed by atoms with E-state index in [4.69, 9.17) is 10.9 Å². The molecule has 4 N–H and O–H groups in total. The molecular weight excluding hydrogens is 274 g/mol. The largest absolute Gasteiger partial charge is 0.409 e. The molecule has 2 aromatic rings. The van der Waals surface area contributed by atoms with Gasteiger partial charge in [0.25, 0.3) is 5.91 Å². The molecule has 0 aliphatic heterocycles. The van der Waals surface area contributed by atoms with Crippen molar-refractivity contribution in [1.82, 2.24) is 5.32 Å². The lowest BCUT2D eigenvalue weighted by molar-refractivity contribution is 0.0927. The summed E-state index contributed by atoms with van der Waals surface area (Å²) in [5.41, 5.74) is 5.41. The Morgan fingerprint density at radius 1 is 1.50 bits per heavy atom. The van der Waals surface area contributed by atoms with Gasteiger partial charge in [-0.1, -0.05) is 30.3 Å². The molecule has 1 unspecified atom stereocenters. The molecule has 1 amide bonds. The SMILES string of the molecule is CCC(C)(NC(=O)c1csc2ccccc12)C(N)=NO. The monoisotopic (exact) mass is 291 g/mol. The van der Waals surface area contributed by atoms with Crippen LogP contribution < -0.4 is 11.1 Å². The van der Waals surface area contributed by atoms with E-state index in [1.807, 2.05) is 36.6 Å². The van der Waals surface area contributed by atoms with Gasteiger partial charge in [-0.05, 0) is 19.4 Å². The van der Waals surface area contributed by atoms with Crippen molar-refractivity contribution in [3.8, 4) is 0 Å². The number of thiophene rings is 1. The van der Waals surface area contributed by atoms with Gasteiger partial charge < -0.3 is 16.3 Å². The van der Waals surface area contributed by atoms with E-state index in [9.17, 15) is 4.79 Å². The lowest BCUT2D eigenvalue weighted by atomic mass is 9.97. The van der Waals surface area contributed by atoms with Crippen molar-refractivity contribution in [3.63, 3.8) is 0 Å². The van der Waals surface area contributed by atoms with E-state index in [2.05, 4.69) is 10.5 Å². The first-order valence-electron chi connectivity index (χ1n) is 6.28. The molecule has 0 saturated heterocycles. The van der Waals surface area contributed by atoms with E-state index >= 15 is 0 Å². The summed E-state index contributed by atoms with van der Waals surface area (Å²) in [6.45, 7) is 3.60. The minimum absolute atomic E-state index is 0.00659. The molecule has 0 bridgehead atoms. The number of carbonyl (C=O) groups excluding carboxylic acids is 1. The second-order valence-corrected chi connectivity index (χ2v) is 5.68. The number of nitrogens with zero attached hydrogens (tertiary/aromatic N) is 1. The first kappa shape index (κ1) is 14.3. The molecule has 5 nitrogen and oxygen atoms in total. The maximum absolute atomic E-state index is 12.4. The Hall–Kier alpha value is -2.08. The highest BCUT2D eigenvalue weighted by molar-refractivity contribution is 7.17. The van der Waals surface area contributed by atoms with Crippen LogP contribution in [0.25, 0.3) is 10.1 Å². The van der Waals surface area contributed by atoms with E-state index < -0.39 is 5.54 Å². The summed E-state index contributed by atoms with van der Waals surface area (Å²) < 4.78 is 1.06. The number of amidine groups is 1. The number of nitrogens with two attached hydrogens (primary N) is 1. The van der Waals surface area contributed by atoms with Gasteiger partial charge in [-0.15, -0.1) is 11.3 Å². The number of benzene rings is 1. The van der Waals surface area contributed by atoms with Crippen LogP contribution in [0.5, 0.6) is 0 Å². The van der Waals surface area contributed by atoms with Crippen LogP contribution >= 0.6 is 11.3 Å². The molecule has 0 radical (unpaired) electrons. The predicted octanol–water partition coefficient (Wildman–Crippen LogP) is 2.55. The third-order valence-electron chi connectivity index (χ3n) is 3.50. The normalized spacial score (nSPS) is 15.0. The van der Waals surface area contributed by atoms with Crippen molar-refractivity contribution in [1.29, 1.82) is 0 Å². The predicted molar refractivity (Wildman–Crippen MR) is 81.4 cm³/mol. The van der Waals surface area contributed by atoms with Gasteiger partial charge >= 0.3 is 0 Å². The highest BCUT2D eigenvalue weighted by Crippen LogP contribution is 2.26. The Morgan fingerprint density at radius 3 is 2.85 bits per heavy atom. The number of carbonyl (C=O) groups is 1. The van der Waals surface area contributed by atoms with E-state index in [0.717, 1.165) is 10.1 Å². The average molecular weight is 291 g/mol. The smallest absolute Gasteiger partial charge is 0.253 e. The zero-order valence-electron chi connectivity index (χ0n) is 11.4. The Bertz CT molecular complexity index is 665. The van der Waals surface area contributed by atoms with Gasteiger partial charge in [0.05, 0.1) is 11.1 Å². The molecule has 20 heavy (non-hydrogen) atoms. The molecule has 6 heteroatoms. The van der Waals surface area contributed by atoms with Crippen LogP contribution in [0.1, 0.15) is 30.6 Å². The first-order chi connectivity index (χ1) is 9.51. The van der Waals surface area contributed by atoms with Crippen LogP contribution in [0, 0.1) is 0 Å². The second kappa shape index (κ2) is 5.50. The van der Waals surface area contributed by atoms with Crippen LogP contribution in [0.4, 0.5) is 0 Å². The van der Waals surface area contributed by atoms with E-state index in [1.54, 1.807) is 6.92 Å². The molecule has 0 aliphatic rings. The minimum atomic E-state index is -0.866. The Morgan fingerprint density at radius 2 is 2.20 bits per heavy atom. The quantitative estimate of drug-likeness (QED) is 0.350. The number of hydrogen-bond donors (Lipinski definition) is 3. The molecule has 2 rings (SSSR count). The van der Waals surface area contributed by atoms with Gasteiger partial charge in [0.2, 0.25) is 0 Å². The summed E-state index contributed by atoms with van der Waals surface area (Å²) in [5.74, 6) is -0.230. The molecular formula is C14H17N3O2S.